The fourth-order valence-corrected chi connectivity index (χ4v) is 6.92. The van der Waals surface area contributed by atoms with Gasteiger partial charge in [-0.1, -0.05) is 35.5 Å². The summed E-state index contributed by atoms with van der Waals surface area (Å²) in [6, 6.07) is 12.8. The van der Waals surface area contributed by atoms with Gasteiger partial charge in [0.15, 0.2) is 5.69 Å². The van der Waals surface area contributed by atoms with Crippen molar-refractivity contribution in [2.75, 3.05) is 31.2 Å². The normalized spacial score (nSPS) is 19.9. The fraction of sp³-hybridized carbons (Fsp3) is 0.382. The number of hydrogen-bond acceptors (Lipinski definition) is 7. The summed E-state index contributed by atoms with van der Waals surface area (Å²) in [5.41, 5.74) is 1.96. The van der Waals surface area contributed by atoms with Crippen LogP contribution in [-0.2, 0) is 10.9 Å². The number of nitrogens with zero attached hydrogens (tertiary/aromatic N) is 3. The zero-order valence-corrected chi connectivity index (χ0v) is 24.2. The summed E-state index contributed by atoms with van der Waals surface area (Å²) in [4.78, 5) is 18.2. The van der Waals surface area contributed by atoms with Crippen LogP contribution in [0.5, 0.6) is 5.75 Å². The number of aromatic carboxylic acids is 1. The molecule has 2 saturated heterocycles. The molecule has 2 aliphatic carbocycles. The first-order valence-electron chi connectivity index (χ1n) is 15.2. The van der Waals surface area contributed by atoms with Crippen molar-refractivity contribution in [2.24, 2.45) is 11.3 Å². The van der Waals surface area contributed by atoms with Crippen molar-refractivity contribution >= 4 is 28.6 Å². The molecule has 2 aromatic heterocycles. The number of halogens is 3. The molecule has 0 radical (unpaired) electrons. The van der Waals surface area contributed by atoms with Crippen LogP contribution in [0.2, 0.25) is 0 Å². The highest BCUT2D eigenvalue weighted by molar-refractivity contribution is 5.94. The van der Waals surface area contributed by atoms with Gasteiger partial charge in [-0.2, -0.15) is 13.2 Å². The van der Waals surface area contributed by atoms with E-state index in [-0.39, 0.29) is 34.4 Å². The second-order valence-corrected chi connectivity index (χ2v) is 12.8. The highest BCUT2D eigenvalue weighted by atomic mass is 19.4. The van der Waals surface area contributed by atoms with E-state index in [0.29, 0.717) is 41.7 Å². The van der Waals surface area contributed by atoms with Gasteiger partial charge in [0.1, 0.15) is 23.3 Å². The molecule has 8 rings (SSSR count). The Kier molecular flexibility index (Phi) is 6.46. The van der Waals surface area contributed by atoms with Crippen LogP contribution in [0.15, 0.2) is 59.1 Å². The lowest BCUT2D eigenvalue weighted by Gasteiger charge is -2.59. The topological polar surface area (TPSA) is 97.9 Å². The maximum atomic E-state index is 13.8. The van der Waals surface area contributed by atoms with Crippen LogP contribution in [0.4, 0.5) is 18.9 Å². The average molecular weight is 618 g/mol. The molecule has 4 fully saturated rings. The molecular formula is C34H30F3N3O5. The number of allylic oxidation sites excluding steroid dienone is 1. The van der Waals surface area contributed by atoms with Crippen molar-refractivity contribution in [2.45, 2.75) is 43.9 Å². The summed E-state index contributed by atoms with van der Waals surface area (Å²) in [6.07, 6.45) is 3.33. The Morgan fingerprint density at radius 1 is 1.09 bits per heavy atom. The molecule has 1 spiro atoms. The van der Waals surface area contributed by atoms with E-state index in [1.165, 1.54) is 18.2 Å². The number of carboxylic acid groups (broad SMARTS) is 1. The minimum Gasteiger partial charge on any atom is -0.485 e. The molecule has 2 aliphatic heterocycles. The predicted molar refractivity (Wildman–Crippen MR) is 159 cm³/mol. The van der Waals surface area contributed by atoms with Gasteiger partial charge in [0.25, 0.3) is 0 Å². The van der Waals surface area contributed by atoms with E-state index in [9.17, 15) is 23.1 Å². The van der Waals surface area contributed by atoms with Crippen LogP contribution in [0.25, 0.3) is 28.2 Å². The summed E-state index contributed by atoms with van der Waals surface area (Å²) in [6.45, 7) is 2.72. The van der Waals surface area contributed by atoms with Crippen molar-refractivity contribution in [3.05, 3.63) is 77.2 Å². The standard InChI is InChI=1S/C34H30F3N3O5/c35-34(36,37)26-4-2-1-3-23(26)30-24(31(45-39-30)20-6-7-20)9-5-19-13-33(14-19)17-40(18-33)21-8-10-27-25(11-21)29(44-22-15-43-16-22)12-28(38-27)32(41)42/h1-5,8-12,19-20,22H,6-7,13-18H2,(H,41,42). The van der Waals surface area contributed by atoms with E-state index in [1.54, 1.807) is 6.07 Å². The SMILES string of the molecule is O=C(O)c1cc(OC2COC2)c2cc(N3CC4(CC(C=Cc5c(-c6ccccc6C(F)(F)F)noc5C5CC5)C4)C3)ccc2n1. The quantitative estimate of drug-likeness (QED) is 0.222. The summed E-state index contributed by atoms with van der Waals surface area (Å²) >= 11 is 0. The van der Waals surface area contributed by atoms with Gasteiger partial charge in [-0.25, -0.2) is 9.78 Å². The highest BCUT2D eigenvalue weighted by Gasteiger charge is 2.51. The summed E-state index contributed by atoms with van der Waals surface area (Å²) in [5.74, 6) is 0.589. The number of aromatic nitrogens is 2. The molecule has 0 amide bonds. The molecule has 8 nitrogen and oxygen atoms in total. The second-order valence-electron chi connectivity index (χ2n) is 12.8. The molecule has 4 aliphatic rings. The third kappa shape index (κ3) is 5.12. The van der Waals surface area contributed by atoms with Gasteiger partial charge in [-0.05, 0) is 55.9 Å². The van der Waals surface area contributed by atoms with Crippen molar-refractivity contribution < 1.29 is 37.1 Å². The molecule has 45 heavy (non-hydrogen) atoms. The predicted octanol–water partition coefficient (Wildman–Crippen LogP) is 7.19. The largest absolute Gasteiger partial charge is 0.485 e. The van der Waals surface area contributed by atoms with Gasteiger partial charge >= 0.3 is 12.1 Å². The van der Waals surface area contributed by atoms with Crippen LogP contribution in [-0.4, -0.2) is 53.6 Å². The lowest BCUT2D eigenvalue weighted by Crippen LogP contribution is -2.62. The van der Waals surface area contributed by atoms with Crippen molar-refractivity contribution in [1.29, 1.82) is 0 Å². The van der Waals surface area contributed by atoms with Crippen molar-refractivity contribution in [1.82, 2.24) is 10.1 Å². The van der Waals surface area contributed by atoms with E-state index in [2.05, 4.69) is 21.1 Å². The number of ether oxygens (including phenoxy) is 2. The number of rotatable bonds is 8. The summed E-state index contributed by atoms with van der Waals surface area (Å²) in [5, 5.41) is 14.4. The molecule has 232 valence electrons. The Labute approximate surface area is 256 Å². The Bertz CT molecular complexity index is 1830. The van der Waals surface area contributed by atoms with Crippen molar-refractivity contribution in [3.8, 4) is 17.0 Å². The number of alkyl halides is 3. The maximum absolute atomic E-state index is 13.8. The number of anilines is 1. The first kappa shape index (κ1) is 28.1. The highest BCUT2D eigenvalue weighted by Crippen LogP contribution is 2.54. The molecule has 1 N–H and O–H groups in total. The Balaban J connectivity index is 0.974. The third-order valence-electron chi connectivity index (χ3n) is 9.41. The zero-order chi connectivity index (χ0) is 30.9. The van der Waals surface area contributed by atoms with Crippen molar-refractivity contribution in [3.63, 3.8) is 0 Å². The molecule has 11 heteroatoms. The third-order valence-corrected chi connectivity index (χ3v) is 9.41. The van der Waals surface area contributed by atoms with Crippen LogP contribution >= 0.6 is 0 Å². The van der Waals surface area contributed by atoms with E-state index >= 15 is 0 Å². The first-order valence-corrected chi connectivity index (χ1v) is 15.2. The number of benzene rings is 2. The molecule has 4 heterocycles. The van der Waals surface area contributed by atoms with Crippen LogP contribution in [0, 0.1) is 11.3 Å². The lowest BCUT2D eigenvalue weighted by molar-refractivity contribution is -0.137. The molecule has 4 aromatic rings. The van der Waals surface area contributed by atoms with Gasteiger partial charge in [0, 0.05) is 52.7 Å². The van der Waals surface area contributed by atoms with E-state index < -0.39 is 17.7 Å². The number of carbonyl (C=O) groups is 1. The van der Waals surface area contributed by atoms with Crippen LogP contribution < -0.4 is 9.64 Å². The molecular weight excluding hydrogens is 587 g/mol. The number of fused-ring (bicyclic) bond motifs is 1. The number of pyridine rings is 1. The van der Waals surface area contributed by atoms with Gasteiger partial charge in [0.05, 0.1) is 24.3 Å². The Morgan fingerprint density at radius 2 is 1.87 bits per heavy atom. The number of carboxylic acids is 1. The number of hydrogen-bond donors (Lipinski definition) is 1. The van der Waals surface area contributed by atoms with Crippen LogP contribution in [0.1, 0.15) is 59.0 Å². The fourth-order valence-electron chi connectivity index (χ4n) is 6.92. The lowest BCUT2D eigenvalue weighted by atomic mass is 9.57. The van der Waals surface area contributed by atoms with Gasteiger partial charge in [-0.3, -0.25) is 0 Å². The summed E-state index contributed by atoms with van der Waals surface area (Å²) in [7, 11) is 0. The minimum atomic E-state index is -4.49. The molecule has 0 atom stereocenters. The zero-order valence-electron chi connectivity index (χ0n) is 24.2. The van der Waals surface area contributed by atoms with E-state index in [4.69, 9.17) is 14.0 Å². The minimum absolute atomic E-state index is 0.0411. The van der Waals surface area contributed by atoms with Gasteiger partial charge in [-0.15, -0.1) is 0 Å². The average Bonchev–Trinajstić information content (AvgIpc) is 3.71. The molecule has 0 unspecified atom stereocenters. The monoisotopic (exact) mass is 617 g/mol. The van der Waals surface area contributed by atoms with E-state index in [1.807, 2.05) is 24.3 Å². The molecule has 2 saturated carbocycles. The second kappa shape index (κ2) is 10.3. The Hall–Kier alpha value is -4.38. The van der Waals surface area contributed by atoms with Gasteiger partial charge in [0.2, 0.25) is 0 Å². The molecule has 2 aromatic carbocycles. The maximum Gasteiger partial charge on any atom is 0.417 e. The summed E-state index contributed by atoms with van der Waals surface area (Å²) < 4.78 is 58.3. The van der Waals surface area contributed by atoms with Gasteiger partial charge < -0.3 is 24.0 Å². The van der Waals surface area contributed by atoms with Crippen LogP contribution in [0.3, 0.4) is 0 Å². The first-order chi connectivity index (χ1) is 21.7. The smallest absolute Gasteiger partial charge is 0.417 e. The van der Waals surface area contributed by atoms with E-state index in [0.717, 1.165) is 55.9 Å². The Morgan fingerprint density at radius 3 is 2.56 bits per heavy atom. The molecule has 0 bridgehead atoms.